The minimum absolute atomic E-state index is 0.277. The zero-order chi connectivity index (χ0) is 13.1. The molecule has 0 fully saturated rings. The number of hydrogen-bond donors (Lipinski definition) is 1. The van der Waals surface area contributed by atoms with Crippen molar-refractivity contribution in [1.82, 2.24) is 0 Å². The van der Waals surface area contributed by atoms with Gasteiger partial charge in [0.05, 0.1) is 11.1 Å². The Morgan fingerprint density at radius 1 is 1.41 bits per heavy atom. The van der Waals surface area contributed by atoms with Crippen molar-refractivity contribution in [2.24, 2.45) is 0 Å². The van der Waals surface area contributed by atoms with Gasteiger partial charge in [0.15, 0.2) is 0 Å². The molecule has 1 rings (SSSR count). The molecule has 0 aliphatic heterocycles. The molecule has 1 aromatic rings. The van der Waals surface area contributed by atoms with Gasteiger partial charge in [0.1, 0.15) is 0 Å². The lowest BCUT2D eigenvalue weighted by atomic mass is 10.0. The summed E-state index contributed by atoms with van der Waals surface area (Å²) in [5.74, 6) is -0.154. The summed E-state index contributed by atoms with van der Waals surface area (Å²) < 4.78 is 37.3. The molecular formula is C11H11F3O2S. The van der Waals surface area contributed by atoms with Gasteiger partial charge in [-0.15, -0.1) is 0 Å². The van der Waals surface area contributed by atoms with Crippen LogP contribution >= 0.6 is 11.8 Å². The van der Waals surface area contributed by atoms with E-state index in [1.807, 2.05) is 6.92 Å². The lowest BCUT2D eigenvalue weighted by Gasteiger charge is -2.10. The molecule has 1 N–H and O–H groups in total. The van der Waals surface area contributed by atoms with E-state index in [4.69, 9.17) is 5.11 Å². The molecule has 94 valence electrons. The summed E-state index contributed by atoms with van der Waals surface area (Å²) >= 11 is 1.46. The van der Waals surface area contributed by atoms with Gasteiger partial charge in [-0.2, -0.15) is 24.9 Å². The molecule has 2 nitrogen and oxygen atoms in total. The average molecular weight is 264 g/mol. The molecule has 6 heteroatoms. The molecule has 0 amide bonds. The first-order valence-corrected chi connectivity index (χ1v) is 6.03. The highest BCUT2D eigenvalue weighted by atomic mass is 32.2. The van der Waals surface area contributed by atoms with E-state index in [1.54, 1.807) is 0 Å². The summed E-state index contributed by atoms with van der Waals surface area (Å²) in [7, 11) is 0. The Labute approximate surface area is 101 Å². The highest BCUT2D eigenvalue weighted by Crippen LogP contribution is 2.31. The summed E-state index contributed by atoms with van der Waals surface area (Å²) in [5, 5.41) is 8.88. The molecule has 0 aliphatic rings. The monoisotopic (exact) mass is 264 g/mol. The van der Waals surface area contributed by atoms with E-state index in [0.29, 0.717) is 17.4 Å². The van der Waals surface area contributed by atoms with Crippen molar-refractivity contribution in [1.29, 1.82) is 0 Å². The molecule has 0 spiro atoms. The molecule has 0 aliphatic carbocycles. The maximum atomic E-state index is 12.4. The lowest BCUT2D eigenvalue weighted by Crippen LogP contribution is -2.09. The molecule has 0 saturated heterocycles. The highest BCUT2D eigenvalue weighted by Gasteiger charge is 2.31. The maximum absolute atomic E-state index is 12.4. The standard InChI is InChI=1S/C11H11F3O2S/c1-2-17-6-7-3-4-8(11(12,13)14)5-9(7)10(15)16/h3-5H,2,6H2,1H3,(H,15,16). The van der Waals surface area contributed by atoms with Crippen molar-refractivity contribution in [3.05, 3.63) is 34.9 Å². The van der Waals surface area contributed by atoms with Crippen LogP contribution in [0.2, 0.25) is 0 Å². The summed E-state index contributed by atoms with van der Waals surface area (Å²) in [6.07, 6.45) is -4.51. The number of aromatic carboxylic acids is 1. The predicted molar refractivity (Wildman–Crippen MR) is 60.2 cm³/mol. The number of carboxylic acids is 1. The number of alkyl halides is 3. The van der Waals surface area contributed by atoms with E-state index in [9.17, 15) is 18.0 Å². The largest absolute Gasteiger partial charge is 0.478 e. The van der Waals surface area contributed by atoms with Gasteiger partial charge in [-0.05, 0) is 23.4 Å². The molecule has 0 unspecified atom stereocenters. The van der Waals surface area contributed by atoms with E-state index < -0.39 is 17.7 Å². The smallest absolute Gasteiger partial charge is 0.416 e. The topological polar surface area (TPSA) is 37.3 Å². The second kappa shape index (κ2) is 5.44. The third kappa shape index (κ3) is 3.66. The number of thioether (sulfide) groups is 1. The Bertz CT molecular complexity index is 416. The van der Waals surface area contributed by atoms with Crippen LogP contribution in [0.15, 0.2) is 18.2 Å². The van der Waals surface area contributed by atoms with Crippen molar-refractivity contribution in [3.63, 3.8) is 0 Å². The second-order valence-electron chi connectivity index (χ2n) is 3.31. The molecule has 0 bridgehead atoms. The highest BCUT2D eigenvalue weighted by molar-refractivity contribution is 7.98. The van der Waals surface area contributed by atoms with Crippen molar-refractivity contribution in [2.45, 2.75) is 18.9 Å². The zero-order valence-electron chi connectivity index (χ0n) is 9.04. The van der Waals surface area contributed by atoms with Crippen LogP contribution in [-0.2, 0) is 11.9 Å². The third-order valence-corrected chi connectivity index (χ3v) is 3.05. The normalized spacial score (nSPS) is 11.5. The number of hydrogen-bond acceptors (Lipinski definition) is 2. The predicted octanol–water partition coefficient (Wildman–Crippen LogP) is 3.66. The maximum Gasteiger partial charge on any atom is 0.416 e. The van der Waals surface area contributed by atoms with E-state index in [1.165, 1.54) is 17.8 Å². The molecular weight excluding hydrogens is 253 g/mol. The van der Waals surface area contributed by atoms with E-state index in [0.717, 1.165) is 11.8 Å². The molecule has 0 aromatic heterocycles. The third-order valence-electron chi connectivity index (χ3n) is 2.13. The number of rotatable bonds is 4. The summed E-state index contributed by atoms with van der Waals surface area (Å²) in [4.78, 5) is 10.9. The van der Waals surface area contributed by atoms with Gasteiger partial charge < -0.3 is 5.11 Å². The van der Waals surface area contributed by atoms with Crippen LogP contribution in [0.4, 0.5) is 13.2 Å². The van der Waals surface area contributed by atoms with E-state index in [-0.39, 0.29) is 5.56 Å². The van der Waals surface area contributed by atoms with Gasteiger partial charge in [-0.3, -0.25) is 0 Å². The lowest BCUT2D eigenvalue weighted by molar-refractivity contribution is -0.137. The van der Waals surface area contributed by atoms with Gasteiger partial charge in [0.25, 0.3) is 0 Å². The van der Waals surface area contributed by atoms with Crippen molar-refractivity contribution in [2.75, 3.05) is 5.75 Å². The van der Waals surface area contributed by atoms with Crippen molar-refractivity contribution >= 4 is 17.7 Å². The van der Waals surface area contributed by atoms with Gasteiger partial charge in [-0.1, -0.05) is 13.0 Å². The molecule has 0 atom stereocenters. The first-order chi connectivity index (χ1) is 7.86. The molecule has 1 aromatic carbocycles. The number of halogens is 3. The van der Waals surface area contributed by atoms with Crippen molar-refractivity contribution in [3.8, 4) is 0 Å². The van der Waals surface area contributed by atoms with Crippen LogP contribution in [0.5, 0.6) is 0 Å². The Morgan fingerprint density at radius 3 is 2.53 bits per heavy atom. The van der Waals surface area contributed by atoms with Gasteiger partial charge >= 0.3 is 12.1 Å². The fourth-order valence-electron chi connectivity index (χ4n) is 1.29. The van der Waals surface area contributed by atoms with Crippen LogP contribution in [-0.4, -0.2) is 16.8 Å². The van der Waals surface area contributed by atoms with Crippen LogP contribution in [0.1, 0.15) is 28.4 Å². The average Bonchev–Trinajstić information content (AvgIpc) is 2.24. The Hall–Kier alpha value is -1.17. The minimum atomic E-state index is -4.51. The van der Waals surface area contributed by atoms with Crippen LogP contribution in [0.25, 0.3) is 0 Å². The Balaban J connectivity index is 3.13. The zero-order valence-corrected chi connectivity index (χ0v) is 9.86. The SMILES string of the molecule is CCSCc1ccc(C(F)(F)F)cc1C(=O)O. The van der Waals surface area contributed by atoms with E-state index in [2.05, 4.69) is 0 Å². The summed E-state index contributed by atoms with van der Waals surface area (Å²) in [5.41, 5.74) is -0.793. The van der Waals surface area contributed by atoms with Gasteiger partial charge in [0, 0.05) is 5.75 Å². The fourth-order valence-corrected chi connectivity index (χ4v) is 1.97. The number of carbonyl (C=O) groups is 1. The second-order valence-corrected chi connectivity index (χ2v) is 4.59. The van der Waals surface area contributed by atoms with Gasteiger partial charge in [-0.25, -0.2) is 4.79 Å². The van der Waals surface area contributed by atoms with Gasteiger partial charge in [0.2, 0.25) is 0 Å². The van der Waals surface area contributed by atoms with Crippen molar-refractivity contribution < 1.29 is 23.1 Å². The van der Waals surface area contributed by atoms with E-state index >= 15 is 0 Å². The number of carboxylic acid groups (broad SMARTS) is 1. The minimum Gasteiger partial charge on any atom is -0.478 e. The first kappa shape index (κ1) is 13.9. The quantitative estimate of drug-likeness (QED) is 0.901. The Kier molecular flexibility index (Phi) is 4.45. The molecule has 0 saturated carbocycles. The Morgan fingerprint density at radius 2 is 2.06 bits per heavy atom. The molecule has 0 radical (unpaired) electrons. The molecule has 0 heterocycles. The molecule has 17 heavy (non-hydrogen) atoms. The van der Waals surface area contributed by atoms with Crippen LogP contribution < -0.4 is 0 Å². The number of benzene rings is 1. The summed E-state index contributed by atoms with van der Waals surface area (Å²) in [6.45, 7) is 1.90. The summed E-state index contributed by atoms with van der Waals surface area (Å²) in [6, 6.07) is 2.83. The van der Waals surface area contributed by atoms with Crippen LogP contribution in [0.3, 0.4) is 0 Å². The fraction of sp³-hybridized carbons (Fsp3) is 0.364. The first-order valence-electron chi connectivity index (χ1n) is 4.87. The van der Waals surface area contributed by atoms with Crippen LogP contribution in [0, 0.1) is 0 Å².